The van der Waals surface area contributed by atoms with Gasteiger partial charge < -0.3 is 20.3 Å². The van der Waals surface area contributed by atoms with Crippen molar-refractivity contribution in [2.24, 2.45) is 0 Å². The van der Waals surface area contributed by atoms with Gasteiger partial charge in [0.05, 0.1) is 13.2 Å². The van der Waals surface area contributed by atoms with Crippen LogP contribution in [0.1, 0.15) is 10.9 Å². The van der Waals surface area contributed by atoms with Gasteiger partial charge in [0.15, 0.2) is 0 Å². The Bertz CT molecular complexity index is 531. The number of nitrogens with one attached hydrogen (secondary N) is 2. The van der Waals surface area contributed by atoms with Gasteiger partial charge in [0.2, 0.25) is 5.91 Å². The van der Waals surface area contributed by atoms with Crippen LogP contribution >= 0.6 is 11.3 Å². The lowest BCUT2D eigenvalue weighted by Crippen LogP contribution is -2.55. The van der Waals surface area contributed by atoms with E-state index in [4.69, 9.17) is 4.74 Å². The second-order valence-corrected chi connectivity index (χ2v) is 6.57. The van der Waals surface area contributed by atoms with E-state index in [9.17, 15) is 9.59 Å². The zero-order chi connectivity index (χ0) is 16.1. The van der Waals surface area contributed by atoms with Gasteiger partial charge in [0.25, 0.3) is 0 Å². The maximum Gasteiger partial charge on any atom is 0.318 e. The lowest BCUT2D eigenvalue weighted by molar-refractivity contribution is -0.127. The molecule has 1 unspecified atom stereocenters. The number of nitrogens with zero attached hydrogens (tertiary/aromatic N) is 2. The number of hydrogen-bond acceptors (Lipinski definition) is 5. The van der Waals surface area contributed by atoms with Gasteiger partial charge in [-0.1, -0.05) is 6.07 Å². The molecule has 0 saturated carbocycles. The van der Waals surface area contributed by atoms with E-state index in [1.54, 1.807) is 4.90 Å². The minimum Gasteiger partial charge on any atom is -0.379 e. The van der Waals surface area contributed by atoms with Crippen molar-refractivity contribution in [1.29, 1.82) is 0 Å². The standard InChI is InChI=1S/C15H22N4O3S/c20-14-13(12-2-1-11-23-12)19(6-4-16-14)15(21)17-3-5-18-7-9-22-10-8-18/h1-2,11,13H,3-10H2,(H,16,20)(H,17,21). The molecule has 1 aromatic heterocycles. The predicted octanol–water partition coefficient (Wildman–Crippen LogP) is 0.263. The molecular formula is C15H22N4O3S. The first kappa shape index (κ1) is 16.2. The predicted molar refractivity (Wildman–Crippen MR) is 87.4 cm³/mol. The molecule has 3 rings (SSSR count). The Labute approximate surface area is 139 Å². The van der Waals surface area contributed by atoms with Gasteiger partial charge >= 0.3 is 6.03 Å². The molecule has 2 aliphatic rings. The number of carbonyl (C=O) groups is 2. The van der Waals surface area contributed by atoms with E-state index >= 15 is 0 Å². The van der Waals surface area contributed by atoms with Gasteiger partial charge in [0.1, 0.15) is 6.04 Å². The SMILES string of the molecule is O=C1NCCN(C(=O)NCCN2CCOCC2)C1c1cccs1. The van der Waals surface area contributed by atoms with Crippen LogP contribution in [-0.2, 0) is 9.53 Å². The molecule has 126 valence electrons. The van der Waals surface area contributed by atoms with Gasteiger partial charge in [-0.05, 0) is 11.4 Å². The molecule has 1 aromatic rings. The molecule has 2 fully saturated rings. The van der Waals surface area contributed by atoms with Crippen molar-refractivity contribution in [3.05, 3.63) is 22.4 Å². The van der Waals surface area contributed by atoms with E-state index in [0.717, 1.165) is 37.7 Å². The molecule has 0 bridgehead atoms. The summed E-state index contributed by atoms with van der Waals surface area (Å²) in [7, 11) is 0. The second-order valence-electron chi connectivity index (χ2n) is 5.59. The summed E-state index contributed by atoms with van der Waals surface area (Å²) in [4.78, 5) is 29.5. The average molecular weight is 338 g/mol. The third-order valence-electron chi connectivity index (χ3n) is 4.09. The number of piperazine rings is 1. The Kier molecular flexibility index (Phi) is 5.47. The van der Waals surface area contributed by atoms with E-state index in [1.807, 2.05) is 17.5 Å². The Morgan fingerprint density at radius 1 is 1.39 bits per heavy atom. The van der Waals surface area contributed by atoms with Crippen LogP contribution in [0.3, 0.4) is 0 Å². The van der Waals surface area contributed by atoms with Gasteiger partial charge in [-0.3, -0.25) is 9.69 Å². The summed E-state index contributed by atoms with van der Waals surface area (Å²) in [5, 5.41) is 7.70. The highest BCUT2D eigenvalue weighted by atomic mass is 32.1. The van der Waals surface area contributed by atoms with Crippen LogP contribution < -0.4 is 10.6 Å². The molecule has 3 amide bonds. The maximum atomic E-state index is 12.5. The van der Waals surface area contributed by atoms with Crippen LogP contribution in [0.5, 0.6) is 0 Å². The first-order valence-corrected chi connectivity index (χ1v) is 8.79. The van der Waals surface area contributed by atoms with Gasteiger partial charge in [-0.25, -0.2) is 4.79 Å². The molecule has 8 heteroatoms. The van der Waals surface area contributed by atoms with Crippen LogP contribution in [-0.4, -0.2) is 74.2 Å². The zero-order valence-electron chi connectivity index (χ0n) is 13.0. The molecule has 2 N–H and O–H groups in total. The van der Waals surface area contributed by atoms with Crippen LogP contribution in [0.2, 0.25) is 0 Å². The Morgan fingerprint density at radius 2 is 2.22 bits per heavy atom. The third kappa shape index (κ3) is 4.01. The van der Waals surface area contributed by atoms with Crippen molar-refractivity contribution in [2.75, 3.05) is 52.5 Å². The monoisotopic (exact) mass is 338 g/mol. The summed E-state index contributed by atoms with van der Waals surface area (Å²) >= 11 is 1.50. The van der Waals surface area contributed by atoms with Crippen molar-refractivity contribution < 1.29 is 14.3 Å². The minimum atomic E-state index is -0.521. The lowest BCUT2D eigenvalue weighted by atomic mass is 10.1. The minimum absolute atomic E-state index is 0.109. The Morgan fingerprint density at radius 3 is 2.96 bits per heavy atom. The summed E-state index contributed by atoms with van der Waals surface area (Å²) < 4.78 is 5.31. The number of carbonyl (C=O) groups excluding carboxylic acids is 2. The van der Waals surface area contributed by atoms with E-state index in [0.29, 0.717) is 19.6 Å². The highest BCUT2D eigenvalue weighted by Gasteiger charge is 2.34. The Balaban J connectivity index is 1.55. The maximum absolute atomic E-state index is 12.5. The molecule has 0 spiro atoms. The van der Waals surface area contributed by atoms with Crippen LogP contribution in [0, 0.1) is 0 Å². The highest BCUT2D eigenvalue weighted by Crippen LogP contribution is 2.27. The lowest BCUT2D eigenvalue weighted by Gasteiger charge is -2.34. The number of morpholine rings is 1. The number of thiophene rings is 1. The fraction of sp³-hybridized carbons (Fsp3) is 0.600. The summed E-state index contributed by atoms with van der Waals surface area (Å²) in [6.45, 7) is 5.71. The van der Waals surface area contributed by atoms with Crippen molar-refractivity contribution in [3.63, 3.8) is 0 Å². The number of ether oxygens (including phenoxy) is 1. The number of amides is 3. The highest BCUT2D eigenvalue weighted by molar-refractivity contribution is 7.10. The van der Waals surface area contributed by atoms with Crippen molar-refractivity contribution >= 4 is 23.3 Å². The number of hydrogen-bond donors (Lipinski definition) is 2. The molecule has 2 aliphatic heterocycles. The molecule has 3 heterocycles. The molecular weight excluding hydrogens is 316 g/mol. The Hall–Kier alpha value is -1.64. The molecule has 2 saturated heterocycles. The fourth-order valence-corrected chi connectivity index (χ4v) is 3.70. The smallest absolute Gasteiger partial charge is 0.318 e. The van der Waals surface area contributed by atoms with Gasteiger partial charge in [0, 0.05) is 44.1 Å². The van der Waals surface area contributed by atoms with Crippen LogP contribution in [0.15, 0.2) is 17.5 Å². The first-order chi connectivity index (χ1) is 11.3. The van der Waals surface area contributed by atoms with Gasteiger partial charge in [-0.2, -0.15) is 0 Å². The molecule has 0 radical (unpaired) electrons. The van der Waals surface area contributed by atoms with Crippen molar-refractivity contribution in [3.8, 4) is 0 Å². The topological polar surface area (TPSA) is 73.9 Å². The second kappa shape index (κ2) is 7.76. The first-order valence-electron chi connectivity index (χ1n) is 7.91. The van der Waals surface area contributed by atoms with Gasteiger partial charge in [-0.15, -0.1) is 11.3 Å². The number of rotatable bonds is 4. The zero-order valence-corrected chi connectivity index (χ0v) is 13.8. The van der Waals surface area contributed by atoms with E-state index in [1.165, 1.54) is 11.3 Å². The van der Waals surface area contributed by atoms with E-state index in [2.05, 4.69) is 15.5 Å². The quantitative estimate of drug-likeness (QED) is 0.826. The largest absolute Gasteiger partial charge is 0.379 e. The van der Waals surface area contributed by atoms with E-state index < -0.39 is 6.04 Å². The molecule has 0 aliphatic carbocycles. The summed E-state index contributed by atoms with van der Waals surface area (Å²) in [5.74, 6) is -0.109. The van der Waals surface area contributed by atoms with Crippen LogP contribution in [0.4, 0.5) is 4.79 Å². The number of urea groups is 1. The van der Waals surface area contributed by atoms with Crippen molar-refractivity contribution in [1.82, 2.24) is 20.4 Å². The summed E-state index contributed by atoms with van der Waals surface area (Å²) in [6.07, 6.45) is 0. The molecule has 23 heavy (non-hydrogen) atoms. The van der Waals surface area contributed by atoms with Crippen molar-refractivity contribution in [2.45, 2.75) is 6.04 Å². The molecule has 7 nitrogen and oxygen atoms in total. The summed E-state index contributed by atoms with van der Waals surface area (Å²) in [6, 6.07) is 3.10. The van der Waals surface area contributed by atoms with Crippen LogP contribution in [0.25, 0.3) is 0 Å². The molecule has 0 aromatic carbocycles. The average Bonchev–Trinajstić information content (AvgIpc) is 3.09. The summed E-state index contributed by atoms with van der Waals surface area (Å²) in [5.41, 5.74) is 0. The molecule has 1 atom stereocenters. The normalized spacial score (nSPS) is 22.7. The fourth-order valence-electron chi connectivity index (χ4n) is 2.86. The third-order valence-corrected chi connectivity index (χ3v) is 5.02. The van der Waals surface area contributed by atoms with E-state index in [-0.39, 0.29) is 11.9 Å².